The SMILES string of the molecule is Cc1nc2ccc(C(=O)N[C@H]3CCS(=O)(=O)C3)cc2s1. The number of hydrogen-bond donors (Lipinski definition) is 1. The monoisotopic (exact) mass is 310 g/mol. The lowest BCUT2D eigenvalue weighted by Gasteiger charge is -2.10. The number of benzene rings is 1. The van der Waals surface area contributed by atoms with Crippen molar-refractivity contribution in [3.8, 4) is 0 Å². The molecule has 0 saturated carbocycles. The number of rotatable bonds is 2. The number of aromatic nitrogens is 1. The van der Waals surface area contributed by atoms with Gasteiger partial charge in [-0.2, -0.15) is 0 Å². The highest BCUT2D eigenvalue weighted by Crippen LogP contribution is 2.22. The highest BCUT2D eigenvalue weighted by molar-refractivity contribution is 7.91. The summed E-state index contributed by atoms with van der Waals surface area (Å²) in [5.41, 5.74) is 1.43. The molecule has 0 spiro atoms. The van der Waals surface area contributed by atoms with E-state index in [0.717, 1.165) is 15.2 Å². The summed E-state index contributed by atoms with van der Waals surface area (Å²) in [7, 11) is -2.98. The number of amides is 1. The Morgan fingerprint density at radius 2 is 2.25 bits per heavy atom. The van der Waals surface area contributed by atoms with Crippen molar-refractivity contribution >= 4 is 37.3 Å². The zero-order valence-corrected chi connectivity index (χ0v) is 12.6. The van der Waals surface area contributed by atoms with Crippen LogP contribution in [0.1, 0.15) is 21.8 Å². The second-order valence-electron chi connectivity index (χ2n) is 4.99. The van der Waals surface area contributed by atoms with Crippen molar-refractivity contribution in [2.45, 2.75) is 19.4 Å². The Morgan fingerprint density at radius 3 is 2.95 bits per heavy atom. The summed E-state index contributed by atoms with van der Waals surface area (Å²) in [6.07, 6.45) is 0.496. The minimum absolute atomic E-state index is 0.0423. The third-order valence-electron chi connectivity index (χ3n) is 3.33. The van der Waals surface area contributed by atoms with Crippen molar-refractivity contribution in [3.05, 3.63) is 28.8 Å². The highest BCUT2D eigenvalue weighted by Gasteiger charge is 2.29. The average molecular weight is 310 g/mol. The lowest BCUT2D eigenvalue weighted by Crippen LogP contribution is -2.35. The van der Waals surface area contributed by atoms with Crippen molar-refractivity contribution in [2.24, 2.45) is 0 Å². The molecule has 0 bridgehead atoms. The Labute approximate surface area is 120 Å². The summed E-state index contributed by atoms with van der Waals surface area (Å²) >= 11 is 1.54. The number of aryl methyl sites for hydroxylation is 1. The van der Waals surface area contributed by atoms with E-state index in [9.17, 15) is 13.2 Å². The smallest absolute Gasteiger partial charge is 0.251 e. The van der Waals surface area contributed by atoms with Gasteiger partial charge in [0.15, 0.2) is 9.84 Å². The van der Waals surface area contributed by atoms with Crippen LogP contribution in [-0.4, -0.2) is 36.9 Å². The van der Waals surface area contributed by atoms with Crippen LogP contribution in [0, 0.1) is 6.92 Å². The summed E-state index contributed by atoms with van der Waals surface area (Å²) in [5.74, 6) is -0.0221. The summed E-state index contributed by atoms with van der Waals surface area (Å²) in [5, 5.41) is 3.75. The van der Waals surface area contributed by atoms with Crippen LogP contribution in [0.5, 0.6) is 0 Å². The highest BCUT2D eigenvalue weighted by atomic mass is 32.2. The summed E-state index contributed by atoms with van der Waals surface area (Å²) in [4.78, 5) is 16.5. The topological polar surface area (TPSA) is 76.1 Å². The van der Waals surface area contributed by atoms with Gasteiger partial charge in [-0.1, -0.05) is 0 Å². The van der Waals surface area contributed by atoms with Crippen LogP contribution in [0.25, 0.3) is 10.2 Å². The van der Waals surface area contributed by atoms with E-state index in [1.165, 1.54) is 11.3 Å². The molecule has 5 nitrogen and oxygen atoms in total. The molecular formula is C13H14N2O3S2. The number of thiazole rings is 1. The molecule has 3 rings (SSSR count). The average Bonchev–Trinajstić information content (AvgIpc) is 2.89. The number of carbonyl (C=O) groups excluding carboxylic acids is 1. The molecule has 0 aliphatic carbocycles. The Bertz CT molecular complexity index is 780. The van der Waals surface area contributed by atoms with Crippen LogP contribution in [0.2, 0.25) is 0 Å². The first-order valence-electron chi connectivity index (χ1n) is 6.31. The van der Waals surface area contributed by atoms with Crippen molar-refractivity contribution in [3.63, 3.8) is 0 Å². The first-order valence-corrected chi connectivity index (χ1v) is 8.95. The fraction of sp³-hybridized carbons (Fsp3) is 0.385. The van der Waals surface area contributed by atoms with E-state index in [1.807, 2.05) is 13.0 Å². The zero-order chi connectivity index (χ0) is 14.3. The fourth-order valence-electron chi connectivity index (χ4n) is 2.36. The number of fused-ring (bicyclic) bond motifs is 1. The van der Waals surface area contributed by atoms with Gasteiger partial charge in [0.2, 0.25) is 0 Å². The van der Waals surface area contributed by atoms with Gasteiger partial charge in [0.05, 0.1) is 26.7 Å². The molecule has 1 fully saturated rings. The molecule has 2 aromatic rings. The molecule has 1 aliphatic heterocycles. The fourth-order valence-corrected chi connectivity index (χ4v) is 4.90. The first-order chi connectivity index (χ1) is 9.43. The molecule has 1 aliphatic rings. The minimum atomic E-state index is -2.98. The maximum atomic E-state index is 12.1. The second-order valence-corrected chi connectivity index (χ2v) is 8.45. The van der Waals surface area contributed by atoms with Crippen molar-refractivity contribution in [2.75, 3.05) is 11.5 Å². The van der Waals surface area contributed by atoms with Crippen LogP contribution in [0.3, 0.4) is 0 Å². The second kappa shape index (κ2) is 4.82. The largest absolute Gasteiger partial charge is 0.348 e. The van der Waals surface area contributed by atoms with E-state index in [4.69, 9.17) is 0 Å². The Kier molecular flexibility index (Phi) is 3.25. The summed E-state index contributed by atoms with van der Waals surface area (Å²) in [6.45, 7) is 1.92. The Hall–Kier alpha value is -1.47. The van der Waals surface area contributed by atoms with Crippen LogP contribution >= 0.6 is 11.3 Å². The predicted molar refractivity (Wildman–Crippen MR) is 78.9 cm³/mol. The Morgan fingerprint density at radius 1 is 1.45 bits per heavy atom. The molecule has 0 unspecified atom stereocenters. The lowest BCUT2D eigenvalue weighted by atomic mass is 10.2. The van der Waals surface area contributed by atoms with Crippen LogP contribution in [-0.2, 0) is 9.84 Å². The molecule has 1 N–H and O–H groups in total. The third-order valence-corrected chi connectivity index (χ3v) is 6.03. The zero-order valence-electron chi connectivity index (χ0n) is 10.9. The van der Waals surface area contributed by atoms with Gasteiger partial charge in [0.25, 0.3) is 5.91 Å². The van der Waals surface area contributed by atoms with Gasteiger partial charge in [0.1, 0.15) is 0 Å². The molecule has 1 aromatic carbocycles. The molecule has 20 heavy (non-hydrogen) atoms. The van der Waals surface area contributed by atoms with Crippen LogP contribution < -0.4 is 5.32 Å². The van der Waals surface area contributed by atoms with E-state index >= 15 is 0 Å². The minimum Gasteiger partial charge on any atom is -0.348 e. The summed E-state index contributed by atoms with van der Waals surface area (Å²) < 4.78 is 23.7. The van der Waals surface area contributed by atoms with Crippen LogP contribution in [0.4, 0.5) is 0 Å². The normalized spacial score (nSPS) is 21.1. The number of sulfone groups is 1. The standard InChI is InChI=1S/C13H14N2O3S2/c1-8-14-11-3-2-9(6-12(11)19-8)13(16)15-10-4-5-20(17,18)7-10/h2-3,6,10H,4-5,7H2,1H3,(H,15,16)/t10-/m0/s1. The van der Waals surface area contributed by atoms with Gasteiger partial charge < -0.3 is 5.32 Å². The van der Waals surface area contributed by atoms with E-state index in [1.54, 1.807) is 12.1 Å². The van der Waals surface area contributed by atoms with Gasteiger partial charge >= 0.3 is 0 Å². The number of hydrogen-bond acceptors (Lipinski definition) is 5. The maximum absolute atomic E-state index is 12.1. The van der Waals surface area contributed by atoms with E-state index < -0.39 is 9.84 Å². The molecule has 106 valence electrons. The lowest BCUT2D eigenvalue weighted by molar-refractivity contribution is 0.0941. The van der Waals surface area contributed by atoms with Gasteiger partial charge in [-0.05, 0) is 31.5 Å². The van der Waals surface area contributed by atoms with E-state index in [2.05, 4.69) is 10.3 Å². The van der Waals surface area contributed by atoms with Crippen molar-refractivity contribution in [1.82, 2.24) is 10.3 Å². The van der Waals surface area contributed by atoms with Crippen molar-refractivity contribution in [1.29, 1.82) is 0 Å². The third kappa shape index (κ3) is 2.69. The number of carbonyl (C=O) groups is 1. The number of nitrogens with one attached hydrogen (secondary N) is 1. The van der Waals surface area contributed by atoms with Crippen molar-refractivity contribution < 1.29 is 13.2 Å². The molecular weight excluding hydrogens is 296 g/mol. The van der Waals surface area contributed by atoms with Gasteiger partial charge in [-0.25, -0.2) is 13.4 Å². The molecule has 1 aromatic heterocycles. The summed E-state index contributed by atoms with van der Waals surface area (Å²) in [6, 6.07) is 5.07. The maximum Gasteiger partial charge on any atom is 0.251 e. The molecule has 1 saturated heterocycles. The van der Waals surface area contributed by atoms with E-state index in [0.29, 0.717) is 12.0 Å². The molecule has 1 atom stereocenters. The number of nitrogens with zero attached hydrogens (tertiary/aromatic N) is 1. The quantitative estimate of drug-likeness (QED) is 0.912. The van der Waals surface area contributed by atoms with Crippen LogP contribution in [0.15, 0.2) is 18.2 Å². The predicted octanol–water partition coefficient (Wildman–Crippen LogP) is 1.52. The van der Waals surface area contributed by atoms with E-state index in [-0.39, 0.29) is 23.5 Å². The molecule has 2 heterocycles. The molecule has 0 radical (unpaired) electrons. The first kappa shape index (κ1) is 13.5. The van der Waals surface area contributed by atoms with Gasteiger partial charge in [0, 0.05) is 11.6 Å². The van der Waals surface area contributed by atoms with Gasteiger partial charge in [-0.3, -0.25) is 4.79 Å². The molecule has 7 heteroatoms. The Balaban J connectivity index is 1.78. The van der Waals surface area contributed by atoms with Gasteiger partial charge in [-0.15, -0.1) is 11.3 Å². The molecule has 1 amide bonds.